The Kier molecular flexibility index (Phi) is 5.09. The minimum atomic E-state index is -0.229. The molecule has 2 aromatic carbocycles. The Morgan fingerprint density at radius 2 is 2.14 bits per heavy atom. The van der Waals surface area contributed by atoms with Gasteiger partial charge in [0, 0.05) is 29.4 Å². The van der Waals surface area contributed by atoms with Crippen LogP contribution in [0.2, 0.25) is 0 Å². The lowest BCUT2D eigenvalue weighted by atomic mass is 9.93. The zero-order valence-corrected chi connectivity index (χ0v) is 19.1. The van der Waals surface area contributed by atoms with Crippen molar-refractivity contribution in [1.29, 1.82) is 0 Å². The molecule has 0 saturated heterocycles. The van der Waals surface area contributed by atoms with Gasteiger partial charge in [-0.2, -0.15) is 5.10 Å². The Balaban J connectivity index is 1.21. The van der Waals surface area contributed by atoms with Gasteiger partial charge in [0.05, 0.1) is 29.7 Å². The fourth-order valence-electron chi connectivity index (χ4n) is 4.68. The zero-order chi connectivity index (χ0) is 23.9. The number of benzene rings is 2. The lowest BCUT2D eigenvalue weighted by Gasteiger charge is -2.23. The number of aromatic nitrogens is 3. The first-order chi connectivity index (χ1) is 17.1. The van der Waals surface area contributed by atoms with Gasteiger partial charge in [-0.15, -0.1) is 0 Å². The monoisotopic (exact) mass is 469 g/mol. The van der Waals surface area contributed by atoms with Crippen LogP contribution in [0.4, 0.5) is 5.69 Å². The van der Waals surface area contributed by atoms with Gasteiger partial charge in [0.2, 0.25) is 0 Å². The fourth-order valence-corrected chi connectivity index (χ4v) is 4.68. The van der Waals surface area contributed by atoms with Crippen LogP contribution in [0.1, 0.15) is 28.0 Å². The van der Waals surface area contributed by atoms with Gasteiger partial charge in [-0.1, -0.05) is 0 Å². The number of methoxy groups -OCH3 is 1. The van der Waals surface area contributed by atoms with Crippen molar-refractivity contribution in [3.8, 4) is 17.2 Å². The lowest BCUT2D eigenvalue weighted by molar-refractivity contribution is -0.118. The van der Waals surface area contributed by atoms with E-state index in [0.29, 0.717) is 23.4 Å². The maximum absolute atomic E-state index is 12.9. The summed E-state index contributed by atoms with van der Waals surface area (Å²) in [6.45, 7) is -0.0144. The van der Waals surface area contributed by atoms with Crippen LogP contribution < -0.4 is 20.1 Å². The molecule has 9 heteroatoms. The number of aryl methyl sites for hydroxylation is 1. The Morgan fingerprint density at radius 3 is 3.03 bits per heavy atom. The maximum Gasteiger partial charge on any atom is 0.262 e. The minimum Gasteiger partial charge on any atom is -0.497 e. The molecule has 2 N–H and O–H groups in total. The molecule has 2 aliphatic rings. The predicted molar refractivity (Wildman–Crippen MR) is 129 cm³/mol. The second-order valence-electron chi connectivity index (χ2n) is 8.72. The molecule has 6 rings (SSSR count). The van der Waals surface area contributed by atoms with E-state index in [1.54, 1.807) is 31.5 Å². The van der Waals surface area contributed by atoms with E-state index in [2.05, 4.69) is 15.6 Å². The largest absolute Gasteiger partial charge is 0.497 e. The summed E-state index contributed by atoms with van der Waals surface area (Å²) in [4.78, 5) is 29.0. The quantitative estimate of drug-likeness (QED) is 0.476. The Hall–Kier alpha value is -4.40. The third-order valence-corrected chi connectivity index (χ3v) is 6.46. The molecule has 0 saturated carbocycles. The van der Waals surface area contributed by atoms with Crippen LogP contribution in [0.3, 0.4) is 0 Å². The molecule has 0 radical (unpaired) electrons. The first-order valence-corrected chi connectivity index (χ1v) is 11.5. The van der Waals surface area contributed by atoms with Gasteiger partial charge in [-0.25, -0.2) is 4.68 Å². The minimum absolute atomic E-state index is 0.0104. The molecule has 1 aliphatic carbocycles. The Bertz CT molecular complexity index is 1480. The van der Waals surface area contributed by atoms with E-state index in [0.717, 1.165) is 46.4 Å². The summed E-state index contributed by atoms with van der Waals surface area (Å²) in [7, 11) is 1.65. The molecule has 4 aromatic rings. The Morgan fingerprint density at radius 1 is 1.23 bits per heavy atom. The van der Waals surface area contributed by atoms with Gasteiger partial charge in [0.25, 0.3) is 11.8 Å². The van der Waals surface area contributed by atoms with Crippen LogP contribution >= 0.6 is 0 Å². The van der Waals surface area contributed by atoms with Crippen molar-refractivity contribution in [3.63, 3.8) is 0 Å². The van der Waals surface area contributed by atoms with Crippen molar-refractivity contribution in [1.82, 2.24) is 20.1 Å². The predicted octanol–water partition coefficient (Wildman–Crippen LogP) is 3.05. The number of rotatable bonds is 4. The topological polar surface area (TPSA) is 107 Å². The fraction of sp³-hybridized carbons (Fsp3) is 0.231. The smallest absolute Gasteiger partial charge is 0.262 e. The molecule has 176 valence electrons. The van der Waals surface area contributed by atoms with Gasteiger partial charge in [-0.05, 0) is 67.3 Å². The van der Waals surface area contributed by atoms with Crippen LogP contribution in [-0.2, 0) is 17.6 Å². The molecule has 1 aliphatic heterocycles. The van der Waals surface area contributed by atoms with Crippen molar-refractivity contribution >= 4 is 28.4 Å². The summed E-state index contributed by atoms with van der Waals surface area (Å²) in [6, 6.07) is 12.8. The molecule has 0 spiro atoms. The van der Waals surface area contributed by atoms with Gasteiger partial charge in [-0.3, -0.25) is 14.6 Å². The normalized spacial score (nSPS) is 16.6. The number of carbonyl (C=O) groups is 2. The molecule has 1 unspecified atom stereocenters. The number of fused-ring (bicyclic) bond motifs is 3. The number of anilines is 1. The number of hydrogen-bond donors (Lipinski definition) is 2. The van der Waals surface area contributed by atoms with Crippen LogP contribution in [-0.4, -0.2) is 46.3 Å². The summed E-state index contributed by atoms with van der Waals surface area (Å²) in [5, 5.41) is 11.7. The number of carbonyl (C=O) groups excluding carboxylic acids is 2. The molecule has 9 nitrogen and oxygen atoms in total. The van der Waals surface area contributed by atoms with E-state index in [-0.39, 0.29) is 24.5 Å². The number of nitrogens with one attached hydrogen (secondary N) is 2. The summed E-state index contributed by atoms with van der Waals surface area (Å²) in [6.07, 6.45) is 6.07. The average molecular weight is 470 g/mol. The molecule has 0 fully saturated rings. The average Bonchev–Trinajstić information content (AvgIpc) is 3.30. The van der Waals surface area contributed by atoms with E-state index >= 15 is 0 Å². The van der Waals surface area contributed by atoms with Gasteiger partial charge >= 0.3 is 0 Å². The molecular weight excluding hydrogens is 446 g/mol. The zero-order valence-electron chi connectivity index (χ0n) is 19.1. The molecule has 1 atom stereocenters. The molecule has 3 heterocycles. The summed E-state index contributed by atoms with van der Waals surface area (Å²) >= 11 is 0. The first kappa shape index (κ1) is 21.2. The number of ether oxygens (including phenoxy) is 2. The number of pyridine rings is 1. The number of nitrogens with zero attached hydrogens (tertiary/aromatic N) is 3. The molecule has 2 amide bonds. The Labute approximate surface area is 201 Å². The van der Waals surface area contributed by atoms with E-state index < -0.39 is 0 Å². The van der Waals surface area contributed by atoms with Crippen molar-refractivity contribution in [2.45, 2.75) is 25.3 Å². The second-order valence-corrected chi connectivity index (χ2v) is 8.72. The van der Waals surface area contributed by atoms with Crippen molar-refractivity contribution in [2.75, 3.05) is 19.0 Å². The number of hydrogen-bond acceptors (Lipinski definition) is 6. The SMILES string of the molecule is COc1ccc2nccc(-n3cc4c(n3)CCC(NC(=O)c3ccc5c(c3)NC(=O)CO5)C4)c2c1. The maximum atomic E-state index is 12.9. The van der Waals surface area contributed by atoms with Gasteiger partial charge in [0.15, 0.2) is 6.61 Å². The van der Waals surface area contributed by atoms with E-state index in [4.69, 9.17) is 14.6 Å². The van der Waals surface area contributed by atoms with Crippen LogP contribution in [0.5, 0.6) is 11.5 Å². The summed E-state index contributed by atoms with van der Waals surface area (Å²) in [5.74, 6) is 0.921. The van der Waals surface area contributed by atoms with Crippen molar-refractivity contribution in [2.24, 2.45) is 0 Å². The molecule has 2 aromatic heterocycles. The third-order valence-electron chi connectivity index (χ3n) is 6.46. The summed E-state index contributed by atoms with van der Waals surface area (Å²) in [5.41, 5.74) is 4.95. The third kappa shape index (κ3) is 3.95. The van der Waals surface area contributed by atoms with E-state index in [9.17, 15) is 9.59 Å². The van der Waals surface area contributed by atoms with Crippen molar-refractivity contribution in [3.05, 3.63) is 71.7 Å². The first-order valence-electron chi connectivity index (χ1n) is 11.5. The van der Waals surface area contributed by atoms with E-state index in [1.165, 1.54) is 0 Å². The van der Waals surface area contributed by atoms with Crippen LogP contribution in [0.25, 0.3) is 16.6 Å². The molecule has 35 heavy (non-hydrogen) atoms. The highest BCUT2D eigenvalue weighted by molar-refractivity contribution is 6.00. The number of amides is 2. The molecule has 0 bridgehead atoms. The van der Waals surface area contributed by atoms with Crippen LogP contribution in [0, 0.1) is 0 Å². The second kappa shape index (κ2) is 8.43. The van der Waals surface area contributed by atoms with Crippen molar-refractivity contribution < 1.29 is 19.1 Å². The van der Waals surface area contributed by atoms with E-state index in [1.807, 2.05) is 35.1 Å². The highest BCUT2D eigenvalue weighted by Gasteiger charge is 2.25. The van der Waals surface area contributed by atoms with Gasteiger partial charge in [0.1, 0.15) is 11.5 Å². The highest BCUT2D eigenvalue weighted by atomic mass is 16.5. The summed E-state index contributed by atoms with van der Waals surface area (Å²) < 4.78 is 12.7. The lowest BCUT2D eigenvalue weighted by Crippen LogP contribution is -2.38. The van der Waals surface area contributed by atoms with Crippen LogP contribution in [0.15, 0.2) is 54.9 Å². The molecular formula is C26H23N5O4. The highest BCUT2D eigenvalue weighted by Crippen LogP contribution is 2.30. The standard InChI is InChI=1S/C26H23N5O4/c1-34-18-4-6-21-19(12-18)23(8-9-27-21)31-13-16-10-17(3-5-20(16)30-31)28-26(33)15-2-7-24-22(11-15)29-25(32)14-35-24/h2,4,6-9,11-13,17H,3,5,10,14H2,1H3,(H,28,33)(H,29,32). The van der Waals surface area contributed by atoms with Gasteiger partial charge < -0.3 is 20.1 Å².